The summed E-state index contributed by atoms with van der Waals surface area (Å²) in [4.78, 5) is 20.5. The van der Waals surface area contributed by atoms with Gasteiger partial charge < -0.3 is 10.4 Å². The predicted octanol–water partition coefficient (Wildman–Crippen LogP) is 0.699. The van der Waals surface area contributed by atoms with Crippen LogP contribution in [0.15, 0.2) is 29.4 Å². The topological polar surface area (TPSA) is 142 Å². The van der Waals surface area contributed by atoms with Gasteiger partial charge in [0.2, 0.25) is 5.95 Å². The average Bonchev–Trinajstić information content (AvgIpc) is 2.37. The molecule has 0 fully saturated rings. The van der Waals surface area contributed by atoms with Crippen molar-refractivity contribution in [3.05, 3.63) is 36.2 Å². The van der Waals surface area contributed by atoms with Crippen molar-refractivity contribution < 1.29 is 27.3 Å². The fourth-order valence-electron chi connectivity index (χ4n) is 1.43. The molecule has 1 heterocycles. The maximum atomic E-state index is 12.8. The van der Waals surface area contributed by atoms with Gasteiger partial charge in [0.25, 0.3) is 10.1 Å². The van der Waals surface area contributed by atoms with Gasteiger partial charge in [-0.25, -0.2) is 9.78 Å². The lowest BCUT2D eigenvalue weighted by atomic mass is 10.2. The van der Waals surface area contributed by atoms with Crippen LogP contribution in [0.1, 0.15) is 10.4 Å². The molecule has 0 saturated carbocycles. The van der Waals surface area contributed by atoms with Gasteiger partial charge in [-0.1, -0.05) is 0 Å². The first-order valence-electron chi connectivity index (χ1n) is 5.24. The van der Waals surface area contributed by atoms with Crippen molar-refractivity contribution in [3.8, 4) is 0 Å². The highest BCUT2D eigenvalue weighted by Gasteiger charge is 2.17. The molecule has 1 aromatic heterocycles. The van der Waals surface area contributed by atoms with Gasteiger partial charge >= 0.3 is 12.0 Å². The number of carbonyl (C=O) groups is 1. The van der Waals surface area contributed by atoms with Gasteiger partial charge in [-0.2, -0.15) is 22.8 Å². The molecule has 0 atom stereocenters. The molecular formula is C10H7FN4O5S. The number of aromatic carboxylic acids is 1. The number of halogens is 1. The Morgan fingerprint density at radius 3 is 2.57 bits per heavy atom. The van der Waals surface area contributed by atoms with Crippen LogP contribution in [0.2, 0.25) is 0 Å². The van der Waals surface area contributed by atoms with Gasteiger partial charge in [-0.15, -0.1) is 0 Å². The second kappa shape index (κ2) is 5.38. The van der Waals surface area contributed by atoms with Crippen molar-refractivity contribution in [2.75, 3.05) is 5.32 Å². The molecule has 2 aromatic rings. The van der Waals surface area contributed by atoms with Crippen LogP contribution >= 0.6 is 0 Å². The zero-order chi connectivity index (χ0) is 15.6. The first kappa shape index (κ1) is 14.7. The minimum Gasteiger partial charge on any atom is -0.478 e. The van der Waals surface area contributed by atoms with E-state index in [4.69, 9.17) is 9.66 Å². The first-order valence-corrected chi connectivity index (χ1v) is 6.68. The minimum atomic E-state index is -4.55. The van der Waals surface area contributed by atoms with Gasteiger partial charge in [-0.05, 0) is 18.2 Å². The standard InChI is InChI=1S/C10H7FN4O5S/c11-9-12-4-13-10(15-9)14-7-2-1-5(21(18,19)20)3-6(7)8(16)17/h1-4H,(H,16,17)(H,18,19,20)(H,12,13,14,15). The Hall–Kier alpha value is -2.66. The summed E-state index contributed by atoms with van der Waals surface area (Å²) in [6.07, 6.45) is -0.198. The van der Waals surface area contributed by atoms with E-state index in [0.29, 0.717) is 0 Å². The van der Waals surface area contributed by atoms with E-state index in [-0.39, 0.29) is 11.6 Å². The number of nitrogens with zero attached hydrogens (tertiary/aromatic N) is 3. The molecule has 11 heteroatoms. The fraction of sp³-hybridized carbons (Fsp3) is 0. The zero-order valence-electron chi connectivity index (χ0n) is 10.1. The van der Waals surface area contributed by atoms with Crippen molar-refractivity contribution in [2.24, 2.45) is 0 Å². The van der Waals surface area contributed by atoms with Crippen LogP contribution in [0, 0.1) is 6.08 Å². The summed E-state index contributed by atoms with van der Waals surface area (Å²) in [5, 5.41) is 11.5. The van der Waals surface area contributed by atoms with Gasteiger partial charge in [0.1, 0.15) is 6.33 Å². The van der Waals surface area contributed by atoms with E-state index in [9.17, 15) is 17.6 Å². The van der Waals surface area contributed by atoms with Crippen LogP contribution in [0.4, 0.5) is 16.0 Å². The second-order valence-corrected chi connectivity index (χ2v) is 5.11. The summed E-state index contributed by atoms with van der Waals surface area (Å²) in [6, 6.07) is 2.80. The molecule has 0 aliphatic carbocycles. The Morgan fingerprint density at radius 1 is 1.29 bits per heavy atom. The maximum Gasteiger partial charge on any atom is 0.337 e. The molecule has 3 N–H and O–H groups in total. The quantitative estimate of drug-likeness (QED) is 0.695. The molecule has 0 amide bonds. The lowest BCUT2D eigenvalue weighted by Gasteiger charge is -2.09. The van der Waals surface area contributed by atoms with E-state index in [0.717, 1.165) is 24.5 Å². The molecule has 2 rings (SSSR count). The molecule has 0 aliphatic heterocycles. The molecule has 0 aliphatic rings. The van der Waals surface area contributed by atoms with Crippen molar-refractivity contribution in [1.29, 1.82) is 0 Å². The van der Waals surface area contributed by atoms with Crippen LogP contribution in [0.3, 0.4) is 0 Å². The zero-order valence-corrected chi connectivity index (χ0v) is 10.9. The average molecular weight is 314 g/mol. The van der Waals surface area contributed by atoms with Crippen molar-refractivity contribution in [1.82, 2.24) is 15.0 Å². The number of carboxylic acids is 1. The Kier molecular flexibility index (Phi) is 3.78. The van der Waals surface area contributed by atoms with E-state index in [1.165, 1.54) is 0 Å². The summed E-state index contributed by atoms with van der Waals surface area (Å²) in [5.41, 5.74) is -0.550. The van der Waals surface area contributed by atoms with Crippen LogP contribution in [-0.4, -0.2) is 39.0 Å². The molecule has 21 heavy (non-hydrogen) atoms. The number of aromatic nitrogens is 3. The third-order valence-corrected chi connectivity index (χ3v) is 3.16. The molecule has 110 valence electrons. The Morgan fingerprint density at radius 2 is 2.00 bits per heavy atom. The summed E-state index contributed by atoms with van der Waals surface area (Å²) in [6.45, 7) is 0. The molecule has 0 bridgehead atoms. The maximum absolute atomic E-state index is 12.8. The van der Waals surface area contributed by atoms with Crippen LogP contribution in [-0.2, 0) is 10.1 Å². The van der Waals surface area contributed by atoms with Crippen LogP contribution in [0.25, 0.3) is 0 Å². The van der Waals surface area contributed by atoms with Gasteiger partial charge in [0, 0.05) is 0 Å². The SMILES string of the molecule is O=C(O)c1cc(S(=O)(=O)O)ccc1Nc1ncnc(F)n1. The minimum absolute atomic E-state index is 0.0829. The van der Waals surface area contributed by atoms with Gasteiger partial charge in [0.05, 0.1) is 16.1 Å². The number of hydrogen-bond acceptors (Lipinski definition) is 7. The normalized spacial score (nSPS) is 11.1. The molecular weight excluding hydrogens is 307 g/mol. The summed E-state index contributed by atoms with van der Waals surface area (Å²) >= 11 is 0. The summed E-state index contributed by atoms with van der Waals surface area (Å²) in [5.74, 6) is -1.72. The Balaban J connectivity index is 2.47. The number of carboxylic acid groups (broad SMARTS) is 1. The highest BCUT2D eigenvalue weighted by Crippen LogP contribution is 2.22. The molecule has 0 unspecified atom stereocenters. The number of benzene rings is 1. The lowest BCUT2D eigenvalue weighted by molar-refractivity contribution is 0.0697. The summed E-state index contributed by atoms with van der Waals surface area (Å²) < 4.78 is 43.7. The molecule has 0 saturated heterocycles. The predicted molar refractivity (Wildman–Crippen MR) is 66.3 cm³/mol. The molecule has 1 aromatic carbocycles. The third kappa shape index (κ3) is 3.46. The van der Waals surface area contributed by atoms with Crippen molar-refractivity contribution in [2.45, 2.75) is 4.90 Å². The van der Waals surface area contributed by atoms with Crippen LogP contribution < -0.4 is 5.32 Å². The second-order valence-electron chi connectivity index (χ2n) is 3.69. The number of hydrogen-bond donors (Lipinski definition) is 3. The van der Waals surface area contributed by atoms with E-state index in [1.54, 1.807) is 0 Å². The van der Waals surface area contributed by atoms with Gasteiger partial charge in [0.15, 0.2) is 0 Å². The van der Waals surface area contributed by atoms with Crippen molar-refractivity contribution >= 4 is 27.7 Å². The first-order chi connectivity index (χ1) is 9.77. The van der Waals surface area contributed by atoms with Crippen molar-refractivity contribution in [3.63, 3.8) is 0 Å². The van der Waals surface area contributed by atoms with Gasteiger partial charge in [-0.3, -0.25) is 4.55 Å². The Labute approximate surface area is 117 Å². The fourth-order valence-corrected chi connectivity index (χ4v) is 1.93. The largest absolute Gasteiger partial charge is 0.478 e. The van der Waals surface area contributed by atoms with E-state index >= 15 is 0 Å². The number of nitrogens with one attached hydrogen (secondary N) is 1. The number of anilines is 2. The Bertz CT molecular complexity index is 811. The van der Waals surface area contributed by atoms with E-state index < -0.39 is 32.6 Å². The smallest absolute Gasteiger partial charge is 0.337 e. The highest BCUT2D eigenvalue weighted by atomic mass is 32.2. The van der Waals surface area contributed by atoms with E-state index in [2.05, 4.69) is 20.3 Å². The molecule has 9 nitrogen and oxygen atoms in total. The van der Waals surface area contributed by atoms with E-state index in [1.807, 2.05) is 0 Å². The molecule has 0 radical (unpaired) electrons. The molecule has 0 spiro atoms. The lowest BCUT2D eigenvalue weighted by Crippen LogP contribution is -2.08. The number of rotatable bonds is 4. The summed E-state index contributed by atoms with van der Waals surface area (Å²) in [7, 11) is -4.55. The monoisotopic (exact) mass is 314 g/mol. The third-order valence-electron chi connectivity index (χ3n) is 2.31. The van der Waals surface area contributed by atoms with Crippen LogP contribution in [0.5, 0.6) is 0 Å². The highest BCUT2D eigenvalue weighted by molar-refractivity contribution is 7.85.